The molecule has 0 bridgehead atoms. The third kappa shape index (κ3) is 1.43. The second-order valence-electron chi connectivity index (χ2n) is 2.07. The molecule has 8 heavy (non-hydrogen) atoms. The zero-order valence-corrected chi connectivity index (χ0v) is 4.80. The van der Waals surface area contributed by atoms with Crippen LogP contribution in [0.5, 0.6) is 0 Å². The molecular formula is C5H11N2O. The van der Waals surface area contributed by atoms with Crippen molar-refractivity contribution in [2.45, 2.75) is 0 Å². The van der Waals surface area contributed by atoms with E-state index >= 15 is 0 Å². The van der Waals surface area contributed by atoms with Gasteiger partial charge in [0.2, 0.25) is 0 Å². The molecule has 0 aliphatic carbocycles. The Balaban J connectivity index is 2.13. The fourth-order valence-corrected chi connectivity index (χ4v) is 0.782. The summed E-state index contributed by atoms with van der Waals surface area (Å²) in [5, 5.41) is 15.7. The number of rotatable bonds is 1. The first-order valence-corrected chi connectivity index (χ1v) is 2.88. The molecule has 1 fully saturated rings. The van der Waals surface area contributed by atoms with Crippen molar-refractivity contribution < 1.29 is 5.11 Å². The molecule has 1 saturated heterocycles. The van der Waals surface area contributed by atoms with Crippen molar-refractivity contribution in [1.29, 1.82) is 0 Å². The van der Waals surface area contributed by atoms with Crippen LogP contribution in [-0.2, 0) is 0 Å². The first kappa shape index (κ1) is 6.01. The summed E-state index contributed by atoms with van der Waals surface area (Å²) >= 11 is 0. The van der Waals surface area contributed by atoms with E-state index in [1.54, 1.807) is 0 Å². The molecular weight excluding hydrogens is 104 g/mol. The molecule has 1 heterocycles. The van der Waals surface area contributed by atoms with Gasteiger partial charge in [-0.05, 0) is 0 Å². The van der Waals surface area contributed by atoms with Gasteiger partial charge in [-0.3, -0.25) is 0 Å². The van der Waals surface area contributed by atoms with Crippen LogP contribution in [0, 0.1) is 5.92 Å². The van der Waals surface area contributed by atoms with Crippen LogP contribution >= 0.6 is 0 Å². The Bertz CT molecular complexity index is 61.4. The van der Waals surface area contributed by atoms with Crippen molar-refractivity contribution in [3.63, 3.8) is 0 Å². The zero-order chi connectivity index (χ0) is 5.82. The highest BCUT2D eigenvalue weighted by Crippen LogP contribution is 1.93. The maximum atomic E-state index is 8.59. The summed E-state index contributed by atoms with van der Waals surface area (Å²) in [6.45, 7) is 2.76. The number of hydrogen-bond acceptors (Lipinski definition) is 2. The van der Waals surface area contributed by atoms with Gasteiger partial charge in [-0.2, -0.15) is 0 Å². The standard InChI is InChI=1S/C5H11N2O/c8-3-5-1-6-4-7-2-5/h5-6,8H,1-4H2. The molecule has 1 aliphatic rings. The number of nitrogens with zero attached hydrogens (tertiary/aromatic N) is 1. The van der Waals surface area contributed by atoms with Crippen LogP contribution in [-0.4, -0.2) is 31.5 Å². The van der Waals surface area contributed by atoms with Crippen molar-refractivity contribution in [1.82, 2.24) is 10.6 Å². The smallest absolute Gasteiger partial charge is 0.0624 e. The molecule has 0 aromatic carbocycles. The predicted molar refractivity (Wildman–Crippen MR) is 30.4 cm³/mol. The van der Waals surface area contributed by atoms with Crippen LogP contribution in [0.4, 0.5) is 0 Å². The fourth-order valence-electron chi connectivity index (χ4n) is 0.782. The van der Waals surface area contributed by atoms with Gasteiger partial charge in [0.1, 0.15) is 0 Å². The SMILES string of the molecule is OCC1C[N]CNC1. The summed E-state index contributed by atoms with van der Waals surface area (Å²) in [7, 11) is 0. The highest BCUT2D eigenvalue weighted by atomic mass is 16.3. The first-order valence-electron chi connectivity index (χ1n) is 2.88. The largest absolute Gasteiger partial charge is 0.396 e. The third-order valence-corrected chi connectivity index (χ3v) is 1.30. The lowest BCUT2D eigenvalue weighted by atomic mass is 10.1. The van der Waals surface area contributed by atoms with Crippen LogP contribution in [0.15, 0.2) is 0 Å². The molecule has 47 valence electrons. The van der Waals surface area contributed by atoms with E-state index in [-0.39, 0.29) is 6.61 Å². The molecule has 1 unspecified atom stereocenters. The summed E-state index contributed by atoms with van der Waals surface area (Å²) < 4.78 is 0. The molecule has 0 aromatic rings. The minimum Gasteiger partial charge on any atom is -0.396 e. The summed E-state index contributed by atoms with van der Waals surface area (Å²) in [5.41, 5.74) is 0. The minimum atomic E-state index is 0.260. The van der Waals surface area contributed by atoms with E-state index in [2.05, 4.69) is 10.6 Å². The van der Waals surface area contributed by atoms with Gasteiger partial charge in [-0.15, -0.1) is 0 Å². The van der Waals surface area contributed by atoms with Gasteiger partial charge in [0, 0.05) is 25.6 Å². The van der Waals surface area contributed by atoms with Gasteiger partial charge < -0.3 is 10.4 Å². The average Bonchev–Trinajstić information content (AvgIpc) is 1.90. The molecule has 1 radical (unpaired) electrons. The maximum Gasteiger partial charge on any atom is 0.0624 e. The van der Waals surface area contributed by atoms with Crippen LogP contribution in [0.2, 0.25) is 0 Å². The fraction of sp³-hybridized carbons (Fsp3) is 1.00. The molecule has 0 aromatic heterocycles. The molecule has 0 spiro atoms. The van der Waals surface area contributed by atoms with Crippen molar-refractivity contribution in [2.75, 3.05) is 26.4 Å². The normalized spacial score (nSPS) is 23.6. The van der Waals surface area contributed by atoms with E-state index in [9.17, 15) is 0 Å². The summed E-state index contributed by atoms with van der Waals surface area (Å²) in [6, 6.07) is 0. The Morgan fingerprint density at radius 3 is 3.00 bits per heavy atom. The van der Waals surface area contributed by atoms with Crippen molar-refractivity contribution in [3.05, 3.63) is 0 Å². The Labute approximate surface area is 49.1 Å². The van der Waals surface area contributed by atoms with Gasteiger partial charge in [0.05, 0.1) is 6.67 Å². The summed E-state index contributed by atoms with van der Waals surface area (Å²) in [4.78, 5) is 0. The minimum absolute atomic E-state index is 0.260. The molecule has 1 rings (SSSR count). The Morgan fingerprint density at radius 1 is 1.75 bits per heavy atom. The topological polar surface area (TPSA) is 46.4 Å². The van der Waals surface area contributed by atoms with Gasteiger partial charge in [0.25, 0.3) is 0 Å². The lowest BCUT2D eigenvalue weighted by Gasteiger charge is -2.19. The lowest BCUT2D eigenvalue weighted by molar-refractivity contribution is 0.201. The van der Waals surface area contributed by atoms with Crippen molar-refractivity contribution in [3.8, 4) is 0 Å². The molecule has 0 amide bonds. The molecule has 3 nitrogen and oxygen atoms in total. The number of hydrogen-bond donors (Lipinski definition) is 2. The second kappa shape index (κ2) is 3.02. The number of nitrogens with one attached hydrogen (secondary N) is 1. The monoisotopic (exact) mass is 115 g/mol. The van der Waals surface area contributed by atoms with Crippen LogP contribution in [0.3, 0.4) is 0 Å². The van der Waals surface area contributed by atoms with Crippen LogP contribution < -0.4 is 10.6 Å². The molecule has 1 aliphatic heterocycles. The zero-order valence-electron chi connectivity index (χ0n) is 4.80. The van der Waals surface area contributed by atoms with Gasteiger partial charge in [-0.25, -0.2) is 5.32 Å². The van der Waals surface area contributed by atoms with Crippen LogP contribution in [0.25, 0.3) is 0 Å². The third-order valence-electron chi connectivity index (χ3n) is 1.30. The quantitative estimate of drug-likeness (QED) is 0.449. The van der Waals surface area contributed by atoms with Crippen molar-refractivity contribution in [2.24, 2.45) is 5.92 Å². The van der Waals surface area contributed by atoms with Gasteiger partial charge >= 0.3 is 0 Å². The van der Waals surface area contributed by atoms with E-state index in [1.165, 1.54) is 0 Å². The Morgan fingerprint density at radius 2 is 2.62 bits per heavy atom. The lowest BCUT2D eigenvalue weighted by Crippen LogP contribution is -2.41. The molecule has 2 N–H and O–H groups in total. The van der Waals surface area contributed by atoms with Gasteiger partial charge in [0.15, 0.2) is 0 Å². The van der Waals surface area contributed by atoms with Crippen molar-refractivity contribution >= 4 is 0 Å². The molecule has 1 atom stereocenters. The maximum absolute atomic E-state index is 8.59. The van der Waals surface area contributed by atoms with E-state index in [0.29, 0.717) is 5.92 Å². The highest BCUT2D eigenvalue weighted by Gasteiger charge is 2.10. The Kier molecular flexibility index (Phi) is 2.27. The number of aliphatic hydroxyl groups is 1. The van der Waals surface area contributed by atoms with E-state index in [1.807, 2.05) is 0 Å². The average molecular weight is 115 g/mol. The Hall–Kier alpha value is -0.120. The molecule has 0 saturated carbocycles. The van der Waals surface area contributed by atoms with Crippen LogP contribution in [0.1, 0.15) is 0 Å². The van der Waals surface area contributed by atoms with E-state index in [4.69, 9.17) is 5.11 Å². The van der Waals surface area contributed by atoms with E-state index in [0.717, 1.165) is 19.8 Å². The van der Waals surface area contributed by atoms with Gasteiger partial charge in [-0.1, -0.05) is 0 Å². The predicted octanol–water partition coefficient (Wildman–Crippen LogP) is -1.24. The summed E-state index contributed by atoms with van der Waals surface area (Å²) in [5.74, 6) is 0.365. The molecule has 3 heteroatoms. The number of aliphatic hydroxyl groups excluding tert-OH is 1. The first-order chi connectivity index (χ1) is 3.93. The highest BCUT2D eigenvalue weighted by molar-refractivity contribution is 4.67. The van der Waals surface area contributed by atoms with E-state index < -0.39 is 0 Å². The summed E-state index contributed by atoms with van der Waals surface area (Å²) in [6.07, 6.45) is 0. The second-order valence-corrected chi connectivity index (χ2v) is 2.07.